The Bertz CT molecular complexity index is 346. The van der Waals surface area contributed by atoms with Gasteiger partial charge >= 0.3 is 6.18 Å². The van der Waals surface area contributed by atoms with E-state index in [9.17, 15) is 13.2 Å². The number of hydrogen-bond donors (Lipinski definition) is 0. The molecule has 1 rings (SSSR count). The molecule has 0 fully saturated rings. The Morgan fingerprint density at radius 2 is 1.69 bits per heavy atom. The topological polar surface area (TPSA) is 12.9 Å². The minimum atomic E-state index is -4.36. The molecule has 0 unspecified atom stereocenters. The van der Waals surface area contributed by atoms with Crippen LogP contribution in [0.15, 0.2) is 18.3 Å². The molecule has 1 nitrogen and oxygen atoms in total. The van der Waals surface area contributed by atoms with Crippen LogP contribution < -0.4 is 0 Å². The van der Waals surface area contributed by atoms with Crippen molar-refractivity contribution in [3.05, 3.63) is 29.6 Å². The zero-order chi connectivity index (χ0) is 12.6. The minimum absolute atomic E-state index is 0.0153. The molecule has 1 heterocycles. The molecular weight excluding hydrogens is 215 g/mol. The van der Waals surface area contributed by atoms with E-state index in [1.807, 2.05) is 6.92 Å². The van der Waals surface area contributed by atoms with Gasteiger partial charge in [-0.15, -0.1) is 0 Å². The maximum Gasteiger partial charge on any atom is 0.433 e. The highest BCUT2D eigenvalue weighted by molar-refractivity contribution is 5.20. The number of aromatic nitrogens is 1. The van der Waals surface area contributed by atoms with Crippen LogP contribution in [0.5, 0.6) is 0 Å². The third-order valence-corrected chi connectivity index (χ3v) is 2.88. The van der Waals surface area contributed by atoms with Crippen molar-refractivity contribution in [1.82, 2.24) is 4.98 Å². The lowest BCUT2D eigenvalue weighted by Gasteiger charge is -2.27. The van der Waals surface area contributed by atoms with Crippen molar-refractivity contribution < 1.29 is 13.2 Å². The monoisotopic (exact) mass is 231 g/mol. The average Bonchev–Trinajstić information content (AvgIpc) is 2.14. The summed E-state index contributed by atoms with van der Waals surface area (Å²) in [5.41, 5.74) is 0.0133. The van der Waals surface area contributed by atoms with Crippen LogP contribution in [0, 0.1) is 5.41 Å². The first kappa shape index (κ1) is 13.0. The number of pyridine rings is 1. The van der Waals surface area contributed by atoms with Crippen molar-refractivity contribution >= 4 is 0 Å². The lowest BCUT2D eigenvalue weighted by Crippen LogP contribution is -2.16. The zero-order valence-corrected chi connectivity index (χ0v) is 9.89. The van der Waals surface area contributed by atoms with E-state index in [0.29, 0.717) is 0 Å². The first-order chi connectivity index (χ1) is 7.12. The maximum atomic E-state index is 12.3. The Hall–Kier alpha value is -1.06. The van der Waals surface area contributed by atoms with E-state index in [1.54, 1.807) is 0 Å². The molecule has 1 atom stereocenters. The van der Waals surface area contributed by atoms with Gasteiger partial charge in [0.2, 0.25) is 0 Å². The lowest BCUT2D eigenvalue weighted by atomic mass is 9.78. The molecule has 0 aromatic carbocycles. The van der Waals surface area contributed by atoms with Crippen LogP contribution in [0.1, 0.15) is 44.9 Å². The Morgan fingerprint density at radius 1 is 1.12 bits per heavy atom. The van der Waals surface area contributed by atoms with Crippen molar-refractivity contribution in [2.24, 2.45) is 5.41 Å². The first-order valence-corrected chi connectivity index (χ1v) is 5.15. The standard InChI is InChI=1S/C12H16F3N/c1-8(11(2,3)4)9-5-6-10(16-7-9)12(13,14)15/h5-8H,1-4H3/t8-/m1/s1. The number of hydrogen-bond acceptors (Lipinski definition) is 1. The predicted molar refractivity (Wildman–Crippen MR) is 57.1 cm³/mol. The summed E-state index contributed by atoms with van der Waals surface area (Å²) in [4.78, 5) is 3.46. The summed E-state index contributed by atoms with van der Waals surface area (Å²) in [7, 11) is 0. The second-order valence-corrected chi connectivity index (χ2v) is 5.06. The molecule has 0 aliphatic rings. The van der Waals surface area contributed by atoms with Crippen molar-refractivity contribution in [3.8, 4) is 0 Å². The fourth-order valence-corrected chi connectivity index (χ4v) is 1.33. The normalized spacial score (nSPS) is 14.9. The van der Waals surface area contributed by atoms with Gasteiger partial charge in [0, 0.05) is 6.20 Å². The average molecular weight is 231 g/mol. The fraction of sp³-hybridized carbons (Fsp3) is 0.583. The molecule has 0 saturated carbocycles. The van der Waals surface area contributed by atoms with Gasteiger partial charge in [-0.25, -0.2) is 0 Å². The fourth-order valence-electron chi connectivity index (χ4n) is 1.33. The molecule has 1 aromatic rings. The molecule has 16 heavy (non-hydrogen) atoms. The molecule has 0 saturated heterocycles. The number of rotatable bonds is 1. The smallest absolute Gasteiger partial charge is 0.251 e. The zero-order valence-electron chi connectivity index (χ0n) is 9.89. The molecule has 0 spiro atoms. The summed E-state index contributed by atoms with van der Waals surface area (Å²) in [6.45, 7) is 8.14. The van der Waals surface area contributed by atoms with Crippen molar-refractivity contribution in [1.29, 1.82) is 0 Å². The summed E-state index contributed by atoms with van der Waals surface area (Å²) < 4.78 is 36.9. The van der Waals surface area contributed by atoms with E-state index in [0.717, 1.165) is 11.6 Å². The Morgan fingerprint density at radius 3 is 2.00 bits per heavy atom. The van der Waals surface area contributed by atoms with Crippen LogP contribution in [0.25, 0.3) is 0 Å². The van der Waals surface area contributed by atoms with Gasteiger partial charge < -0.3 is 0 Å². The number of nitrogens with zero attached hydrogens (tertiary/aromatic N) is 1. The molecule has 90 valence electrons. The van der Waals surface area contributed by atoms with Gasteiger partial charge in [0.25, 0.3) is 0 Å². The van der Waals surface area contributed by atoms with Crippen LogP contribution >= 0.6 is 0 Å². The molecule has 0 aliphatic carbocycles. The van der Waals surface area contributed by atoms with E-state index >= 15 is 0 Å². The maximum absolute atomic E-state index is 12.3. The van der Waals surface area contributed by atoms with Gasteiger partial charge in [-0.05, 0) is 23.0 Å². The van der Waals surface area contributed by atoms with Crippen LogP contribution in [-0.4, -0.2) is 4.98 Å². The van der Waals surface area contributed by atoms with Crippen LogP contribution in [0.3, 0.4) is 0 Å². The van der Waals surface area contributed by atoms with Gasteiger partial charge in [-0.1, -0.05) is 33.8 Å². The van der Waals surface area contributed by atoms with E-state index in [1.165, 1.54) is 12.3 Å². The highest BCUT2D eigenvalue weighted by atomic mass is 19.4. The van der Waals surface area contributed by atoms with E-state index in [-0.39, 0.29) is 11.3 Å². The third-order valence-electron chi connectivity index (χ3n) is 2.88. The summed E-state index contributed by atoms with van der Waals surface area (Å²) in [5.74, 6) is 0.169. The molecule has 1 aromatic heterocycles. The molecule has 0 amide bonds. The van der Waals surface area contributed by atoms with Gasteiger partial charge in [0.15, 0.2) is 0 Å². The number of alkyl halides is 3. The highest BCUT2D eigenvalue weighted by Crippen LogP contribution is 2.35. The van der Waals surface area contributed by atoms with Gasteiger partial charge in [-0.2, -0.15) is 13.2 Å². The van der Waals surface area contributed by atoms with E-state index < -0.39 is 11.9 Å². The summed E-state index contributed by atoms with van der Waals surface area (Å²) in [6.07, 6.45) is -3.04. The molecule has 0 aliphatic heterocycles. The minimum Gasteiger partial charge on any atom is -0.251 e. The predicted octanol–water partition coefficient (Wildman–Crippen LogP) is 4.25. The third kappa shape index (κ3) is 2.97. The Kier molecular flexibility index (Phi) is 3.31. The highest BCUT2D eigenvalue weighted by Gasteiger charge is 2.32. The second-order valence-electron chi connectivity index (χ2n) is 5.06. The second kappa shape index (κ2) is 4.07. The van der Waals surface area contributed by atoms with Crippen LogP contribution in [-0.2, 0) is 6.18 Å². The molecule has 0 radical (unpaired) electrons. The summed E-state index contributed by atoms with van der Waals surface area (Å²) in [5, 5.41) is 0. The SMILES string of the molecule is C[C@H](c1ccc(C(F)(F)F)nc1)C(C)(C)C. The van der Waals surface area contributed by atoms with E-state index in [4.69, 9.17) is 0 Å². The molecule has 0 bridgehead atoms. The molecule has 4 heteroatoms. The quantitative estimate of drug-likeness (QED) is 0.704. The van der Waals surface area contributed by atoms with Crippen LogP contribution in [0.2, 0.25) is 0 Å². The summed E-state index contributed by atoms with van der Waals surface area (Å²) >= 11 is 0. The van der Waals surface area contributed by atoms with Crippen LogP contribution in [0.4, 0.5) is 13.2 Å². The van der Waals surface area contributed by atoms with E-state index in [2.05, 4.69) is 25.8 Å². The lowest BCUT2D eigenvalue weighted by molar-refractivity contribution is -0.141. The molecular formula is C12H16F3N. The first-order valence-electron chi connectivity index (χ1n) is 5.15. The summed E-state index contributed by atoms with van der Waals surface area (Å²) in [6, 6.07) is 2.54. The van der Waals surface area contributed by atoms with Crippen molar-refractivity contribution in [2.75, 3.05) is 0 Å². The van der Waals surface area contributed by atoms with Crippen molar-refractivity contribution in [2.45, 2.75) is 39.8 Å². The number of halogens is 3. The van der Waals surface area contributed by atoms with Crippen molar-refractivity contribution in [3.63, 3.8) is 0 Å². The Balaban J connectivity index is 2.96. The van der Waals surface area contributed by atoms with Gasteiger partial charge in [0.1, 0.15) is 5.69 Å². The largest absolute Gasteiger partial charge is 0.433 e. The molecule has 0 N–H and O–H groups in total. The Labute approximate surface area is 93.7 Å². The van der Waals surface area contributed by atoms with Gasteiger partial charge in [0.05, 0.1) is 0 Å². The van der Waals surface area contributed by atoms with Gasteiger partial charge in [-0.3, -0.25) is 4.98 Å².